The van der Waals surface area contributed by atoms with Gasteiger partial charge in [0.15, 0.2) is 0 Å². The van der Waals surface area contributed by atoms with Gasteiger partial charge in [0, 0.05) is 12.5 Å². The molecular weight excluding hydrogens is 352 g/mol. The molecule has 0 aliphatic heterocycles. The van der Waals surface area contributed by atoms with E-state index in [9.17, 15) is 8.78 Å². The Kier molecular flexibility index (Phi) is 4.49. The minimum Gasteiger partial charge on any atom is -0.352 e. The molecule has 0 saturated carbocycles. The highest BCUT2D eigenvalue weighted by atomic mass is 19.3. The standard InChI is InChI=1S/C18H17F2N7/c1-12(16-22-14-9-5-6-10-15(14)26(16)17(19)20)11-21-18-23-24-25-27(18)13-7-3-2-4-8-13/h2-10,12,17H,11H2,1H3,(H,21,23,25). The van der Waals surface area contributed by atoms with Gasteiger partial charge >= 0.3 is 6.55 Å². The second-order valence-electron chi connectivity index (χ2n) is 6.14. The Morgan fingerprint density at radius 3 is 2.56 bits per heavy atom. The Morgan fingerprint density at radius 1 is 1.04 bits per heavy atom. The van der Waals surface area contributed by atoms with Crippen molar-refractivity contribution in [1.29, 1.82) is 0 Å². The van der Waals surface area contributed by atoms with Crippen molar-refractivity contribution in [1.82, 2.24) is 29.8 Å². The maximum atomic E-state index is 13.6. The van der Waals surface area contributed by atoms with Crippen LogP contribution in [0.5, 0.6) is 0 Å². The van der Waals surface area contributed by atoms with Crippen molar-refractivity contribution in [2.45, 2.75) is 19.4 Å². The molecule has 0 aliphatic rings. The number of fused-ring (bicyclic) bond motifs is 1. The Labute approximate surface area is 153 Å². The summed E-state index contributed by atoms with van der Waals surface area (Å²) in [6, 6.07) is 16.3. The number of tetrazole rings is 1. The Balaban J connectivity index is 1.58. The average Bonchev–Trinajstić information content (AvgIpc) is 3.31. The molecule has 0 aliphatic carbocycles. The minimum absolute atomic E-state index is 0.285. The van der Waals surface area contributed by atoms with E-state index < -0.39 is 6.55 Å². The smallest absolute Gasteiger partial charge is 0.320 e. The minimum atomic E-state index is -2.66. The maximum Gasteiger partial charge on any atom is 0.320 e. The summed E-state index contributed by atoms with van der Waals surface area (Å²) in [7, 11) is 0. The van der Waals surface area contributed by atoms with Crippen molar-refractivity contribution < 1.29 is 8.78 Å². The van der Waals surface area contributed by atoms with Crippen LogP contribution in [-0.2, 0) is 0 Å². The molecule has 0 radical (unpaired) electrons. The SMILES string of the molecule is CC(CNc1nnnn1-c1ccccc1)c1nc2ccccc2n1C(F)F. The normalized spacial score (nSPS) is 12.6. The van der Waals surface area contributed by atoms with Crippen LogP contribution in [0.15, 0.2) is 54.6 Å². The predicted molar refractivity (Wildman–Crippen MR) is 97.0 cm³/mol. The lowest BCUT2D eigenvalue weighted by atomic mass is 10.1. The number of aromatic nitrogens is 6. The molecule has 2 aromatic heterocycles. The number of alkyl halides is 2. The fraction of sp³-hybridized carbons (Fsp3) is 0.222. The summed E-state index contributed by atoms with van der Waals surface area (Å²) in [6.45, 7) is -0.475. The van der Waals surface area contributed by atoms with E-state index in [0.717, 1.165) is 10.3 Å². The van der Waals surface area contributed by atoms with Gasteiger partial charge < -0.3 is 5.32 Å². The molecule has 0 amide bonds. The molecule has 1 N–H and O–H groups in total. The highest BCUT2D eigenvalue weighted by Crippen LogP contribution is 2.27. The monoisotopic (exact) mass is 369 g/mol. The van der Waals surface area contributed by atoms with E-state index in [-0.39, 0.29) is 5.92 Å². The molecule has 2 aromatic carbocycles. The first kappa shape index (κ1) is 17.1. The first-order chi connectivity index (χ1) is 13.1. The molecule has 0 bridgehead atoms. The summed E-state index contributed by atoms with van der Waals surface area (Å²) in [5.74, 6) is 0.470. The lowest BCUT2D eigenvalue weighted by Crippen LogP contribution is -2.17. The Bertz CT molecular complexity index is 1040. The van der Waals surface area contributed by atoms with Crippen LogP contribution in [0.25, 0.3) is 16.7 Å². The number of para-hydroxylation sites is 3. The van der Waals surface area contributed by atoms with E-state index >= 15 is 0 Å². The zero-order valence-corrected chi connectivity index (χ0v) is 14.5. The summed E-state index contributed by atoms with van der Waals surface area (Å²) >= 11 is 0. The summed E-state index contributed by atoms with van der Waals surface area (Å²) in [5.41, 5.74) is 1.77. The van der Waals surface area contributed by atoms with Crippen LogP contribution in [-0.4, -0.2) is 36.3 Å². The number of halogens is 2. The molecule has 0 fully saturated rings. The molecule has 4 aromatic rings. The summed E-state index contributed by atoms with van der Waals surface area (Å²) in [4.78, 5) is 4.40. The molecule has 4 rings (SSSR count). The number of nitrogens with zero attached hydrogens (tertiary/aromatic N) is 6. The number of nitrogens with one attached hydrogen (secondary N) is 1. The van der Waals surface area contributed by atoms with E-state index in [2.05, 4.69) is 25.8 Å². The number of benzene rings is 2. The van der Waals surface area contributed by atoms with Crippen molar-refractivity contribution in [2.24, 2.45) is 0 Å². The van der Waals surface area contributed by atoms with Gasteiger partial charge in [0.25, 0.3) is 0 Å². The third-order valence-corrected chi connectivity index (χ3v) is 4.30. The molecule has 1 unspecified atom stereocenters. The highest BCUT2D eigenvalue weighted by Gasteiger charge is 2.22. The van der Waals surface area contributed by atoms with E-state index in [1.54, 1.807) is 28.9 Å². The lowest BCUT2D eigenvalue weighted by Gasteiger charge is -2.15. The summed E-state index contributed by atoms with van der Waals surface area (Å²) in [5, 5.41) is 14.8. The molecular formula is C18H17F2N7. The van der Waals surface area contributed by atoms with Crippen molar-refractivity contribution in [2.75, 3.05) is 11.9 Å². The Morgan fingerprint density at radius 2 is 1.78 bits per heavy atom. The molecule has 27 heavy (non-hydrogen) atoms. The lowest BCUT2D eigenvalue weighted by molar-refractivity contribution is 0.0706. The highest BCUT2D eigenvalue weighted by molar-refractivity contribution is 5.76. The van der Waals surface area contributed by atoms with Crippen molar-refractivity contribution >= 4 is 17.0 Å². The molecule has 9 heteroatoms. The third kappa shape index (κ3) is 3.23. The molecule has 1 atom stereocenters. The van der Waals surface area contributed by atoms with Gasteiger partial charge in [0.2, 0.25) is 5.95 Å². The predicted octanol–water partition coefficient (Wildman–Crippen LogP) is 3.62. The van der Waals surface area contributed by atoms with Gasteiger partial charge in [-0.1, -0.05) is 42.4 Å². The van der Waals surface area contributed by atoms with Crippen LogP contribution in [0, 0.1) is 0 Å². The fourth-order valence-electron chi connectivity index (χ4n) is 2.99. The van der Waals surface area contributed by atoms with Crippen molar-refractivity contribution in [3.05, 3.63) is 60.4 Å². The second kappa shape index (κ2) is 7.10. The van der Waals surface area contributed by atoms with E-state index in [1.807, 2.05) is 37.3 Å². The molecule has 2 heterocycles. The number of hydrogen-bond donors (Lipinski definition) is 1. The van der Waals surface area contributed by atoms with Crippen LogP contribution >= 0.6 is 0 Å². The molecule has 0 spiro atoms. The number of rotatable bonds is 6. The molecule has 7 nitrogen and oxygen atoms in total. The fourth-order valence-corrected chi connectivity index (χ4v) is 2.99. The first-order valence-corrected chi connectivity index (χ1v) is 8.48. The number of anilines is 1. The van der Waals surface area contributed by atoms with Gasteiger partial charge in [-0.3, -0.25) is 4.57 Å². The summed E-state index contributed by atoms with van der Waals surface area (Å²) < 4.78 is 29.8. The van der Waals surface area contributed by atoms with Crippen LogP contribution < -0.4 is 5.32 Å². The van der Waals surface area contributed by atoms with E-state index in [0.29, 0.717) is 29.4 Å². The topological polar surface area (TPSA) is 73.5 Å². The third-order valence-electron chi connectivity index (χ3n) is 4.30. The van der Waals surface area contributed by atoms with E-state index in [1.165, 1.54) is 0 Å². The van der Waals surface area contributed by atoms with Crippen LogP contribution in [0.2, 0.25) is 0 Å². The van der Waals surface area contributed by atoms with Crippen LogP contribution in [0.3, 0.4) is 0 Å². The van der Waals surface area contributed by atoms with Gasteiger partial charge in [-0.25, -0.2) is 4.98 Å². The second-order valence-corrected chi connectivity index (χ2v) is 6.14. The molecule has 0 saturated heterocycles. The van der Waals surface area contributed by atoms with Gasteiger partial charge in [-0.15, -0.1) is 0 Å². The maximum absolute atomic E-state index is 13.6. The number of imidazole rings is 1. The van der Waals surface area contributed by atoms with Gasteiger partial charge in [0.1, 0.15) is 5.82 Å². The van der Waals surface area contributed by atoms with E-state index in [4.69, 9.17) is 0 Å². The zero-order chi connectivity index (χ0) is 18.8. The van der Waals surface area contributed by atoms with Gasteiger partial charge in [0.05, 0.1) is 16.7 Å². The van der Waals surface area contributed by atoms with Gasteiger partial charge in [-0.2, -0.15) is 13.5 Å². The van der Waals surface area contributed by atoms with Crippen LogP contribution in [0.1, 0.15) is 25.2 Å². The quantitative estimate of drug-likeness (QED) is 0.562. The zero-order valence-electron chi connectivity index (χ0n) is 14.5. The van der Waals surface area contributed by atoms with Gasteiger partial charge in [-0.05, 0) is 34.7 Å². The summed E-state index contributed by atoms with van der Waals surface area (Å²) in [6.07, 6.45) is 0. The average molecular weight is 369 g/mol. The van der Waals surface area contributed by atoms with Crippen molar-refractivity contribution in [3.8, 4) is 5.69 Å². The largest absolute Gasteiger partial charge is 0.352 e. The Hall–Kier alpha value is -3.36. The number of hydrogen-bond acceptors (Lipinski definition) is 5. The van der Waals surface area contributed by atoms with Crippen molar-refractivity contribution in [3.63, 3.8) is 0 Å². The van der Waals surface area contributed by atoms with Crippen LogP contribution in [0.4, 0.5) is 14.7 Å². The first-order valence-electron chi connectivity index (χ1n) is 8.48. The molecule has 138 valence electrons.